The van der Waals surface area contributed by atoms with Crippen LogP contribution in [0.25, 0.3) is 0 Å². The van der Waals surface area contributed by atoms with Gasteiger partial charge >= 0.3 is 0 Å². The summed E-state index contributed by atoms with van der Waals surface area (Å²) in [6, 6.07) is 5.07. The molecule has 1 aliphatic heterocycles. The number of carboxylic acid groups (broad SMARTS) is 1. The fourth-order valence-electron chi connectivity index (χ4n) is 2.31. The van der Waals surface area contributed by atoms with Gasteiger partial charge < -0.3 is 19.4 Å². The molecule has 0 aliphatic carbocycles. The van der Waals surface area contributed by atoms with E-state index < -0.39 is 21.4 Å². The van der Waals surface area contributed by atoms with Crippen molar-refractivity contribution in [3.63, 3.8) is 0 Å². The van der Waals surface area contributed by atoms with Gasteiger partial charge in [0.15, 0.2) is 11.5 Å². The van der Waals surface area contributed by atoms with Gasteiger partial charge in [-0.1, -0.05) is 25.8 Å². The fraction of sp³-hybridized carbons (Fsp3) is 0.533. The van der Waals surface area contributed by atoms with Crippen molar-refractivity contribution in [2.45, 2.75) is 36.7 Å². The second-order valence-electron chi connectivity index (χ2n) is 5.20. The maximum Gasteiger partial charge on any atom is 0.231 e. The van der Waals surface area contributed by atoms with Crippen molar-refractivity contribution >= 4 is 17.7 Å². The van der Waals surface area contributed by atoms with Gasteiger partial charge in [0, 0.05) is 10.2 Å². The van der Waals surface area contributed by atoms with Gasteiger partial charge in [-0.25, -0.2) is 0 Å². The van der Waals surface area contributed by atoms with Crippen LogP contribution < -0.4 is 14.6 Å². The Morgan fingerprint density at radius 3 is 2.78 bits per heavy atom. The topological polar surface area (TPSA) is 102 Å². The molecule has 0 amide bonds. The van der Waals surface area contributed by atoms with Crippen LogP contribution in [-0.4, -0.2) is 29.5 Å². The highest BCUT2D eigenvalue weighted by Gasteiger charge is 2.26. The minimum atomic E-state index is -1.18. The number of thioether (sulfide) groups is 1. The van der Waals surface area contributed by atoms with Gasteiger partial charge in [0.2, 0.25) is 13.3 Å². The largest absolute Gasteiger partial charge is 0.549 e. The van der Waals surface area contributed by atoms with Crippen molar-refractivity contribution in [2.75, 3.05) is 13.3 Å². The summed E-state index contributed by atoms with van der Waals surface area (Å²) in [5.41, 5.74) is 0.652. The molecule has 2 atom stereocenters. The number of carboxylic acids is 1. The van der Waals surface area contributed by atoms with Gasteiger partial charge in [0.05, 0.1) is 11.2 Å². The lowest BCUT2D eigenvalue weighted by Gasteiger charge is -2.22. The Hall–Kier alpha value is -1.96. The monoisotopic (exact) mass is 340 g/mol. The average Bonchev–Trinajstić information content (AvgIpc) is 2.97. The number of rotatable bonds is 9. The molecule has 0 N–H and O–H groups in total. The summed E-state index contributed by atoms with van der Waals surface area (Å²) < 4.78 is 10.5. The normalized spacial score (nSPS) is 15.2. The molecule has 0 saturated carbocycles. The summed E-state index contributed by atoms with van der Waals surface area (Å²) >= 11 is 1.06. The summed E-state index contributed by atoms with van der Waals surface area (Å²) in [7, 11) is 0. The molecule has 1 heterocycles. The zero-order valence-electron chi connectivity index (χ0n) is 12.7. The Morgan fingerprint density at radius 2 is 2.13 bits per heavy atom. The smallest absolute Gasteiger partial charge is 0.231 e. The maximum absolute atomic E-state index is 11.3. The first-order valence-electron chi connectivity index (χ1n) is 7.39. The quantitative estimate of drug-likeness (QED) is 0.498. The van der Waals surface area contributed by atoms with Crippen LogP contribution in [0, 0.1) is 10.1 Å². The highest BCUT2D eigenvalue weighted by atomic mass is 32.2. The van der Waals surface area contributed by atoms with Crippen LogP contribution in [0.4, 0.5) is 0 Å². The molecule has 8 heteroatoms. The first kappa shape index (κ1) is 17.4. The molecule has 0 spiro atoms. The predicted octanol–water partition coefficient (Wildman–Crippen LogP) is 1.77. The van der Waals surface area contributed by atoms with Crippen LogP contribution >= 0.6 is 11.8 Å². The minimum Gasteiger partial charge on any atom is -0.549 e. The number of nitro groups is 1. The number of fused-ring (bicyclic) bond motifs is 1. The summed E-state index contributed by atoms with van der Waals surface area (Å²) in [5, 5.41) is 20.9. The number of unbranched alkanes of at least 4 members (excludes halogenated alkanes) is 1. The Bertz CT molecular complexity index is 579. The van der Waals surface area contributed by atoms with Gasteiger partial charge in [-0.05, 0) is 24.1 Å². The molecule has 1 aromatic rings. The van der Waals surface area contributed by atoms with E-state index in [0.29, 0.717) is 23.5 Å². The summed E-state index contributed by atoms with van der Waals surface area (Å²) in [6.45, 7) is 1.72. The van der Waals surface area contributed by atoms with Crippen molar-refractivity contribution in [3.05, 3.63) is 33.9 Å². The van der Waals surface area contributed by atoms with Gasteiger partial charge in [-0.2, -0.15) is 0 Å². The van der Waals surface area contributed by atoms with E-state index in [1.807, 2.05) is 6.92 Å². The number of carbonyl (C=O) groups is 1. The minimum absolute atomic E-state index is 0.115. The van der Waals surface area contributed by atoms with E-state index in [-0.39, 0.29) is 13.3 Å². The fourth-order valence-corrected chi connectivity index (χ4v) is 3.63. The number of ether oxygens (including phenoxy) is 2. The van der Waals surface area contributed by atoms with E-state index >= 15 is 0 Å². The Labute approximate surface area is 138 Å². The van der Waals surface area contributed by atoms with Crippen molar-refractivity contribution < 1.29 is 24.3 Å². The maximum atomic E-state index is 11.3. The second kappa shape index (κ2) is 8.05. The van der Waals surface area contributed by atoms with E-state index in [2.05, 4.69) is 0 Å². The molecule has 0 aromatic heterocycles. The standard InChI is InChI=1S/C15H19NO6S/c1-2-3-4-13(15(17)18)23-14(8-16(19)20)10-5-6-11-12(7-10)22-9-21-11/h5-7,13-14H,2-4,8-9H2,1H3,(H,17,18)/p-1. The third-order valence-electron chi connectivity index (χ3n) is 3.49. The van der Waals surface area contributed by atoms with Crippen molar-refractivity contribution in [1.82, 2.24) is 0 Å². The zero-order chi connectivity index (χ0) is 16.8. The lowest BCUT2D eigenvalue weighted by molar-refractivity contribution is -0.479. The van der Waals surface area contributed by atoms with Crippen LogP contribution in [0.2, 0.25) is 0 Å². The van der Waals surface area contributed by atoms with E-state index in [1.165, 1.54) is 0 Å². The molecule has 0 fully saturated rings. The lowest BCUT2D eigenvalue weighted by Crippen LogP contribution is -2.34. The van der Waals surface area contributed by atoms with Gasteiger partial charge in [-0.3, -0.25) is 10.1 Å². The molecule has 23 heavy (non-hydrogen) atoms. The van der Waals surface area contributed by atoms with Crippen LogP contribution in [0.3, 0.4) is 0 Å². The summed E-state index contributed by atoms with van der Waals surface area (Å²) in [5.74, 6) is -0.0754. The molecule has 126 valence electrons. The first-order chi connectivity index (χ1) is 11.0. The van der Waals surface area contributed by atoms with E-state index in [1.54, 1.807) is 18.2 Å². The van der Waals surface area contributed by atoms with Gasteiger partial charge in [-0.15, -0.1) is 11.8 Å². The number of aliphatic carboxylic acids is 1. The van der Waals surface area contributed by atoms with E-state index in [0.717, 1.165) is 24.6 Å². The molecule has 2 rings (SSSR count). The predicted molar refractivity (Wildman–Crippen MR) is 83.1 cm³/mol. The zero-order valence-corrected chi connectivity index (χ0v) is 13.5. The number of nitrogens with zero attached hydrogens (tertiary/aromatic N) is 1. The molecule has 7 nitrogen and oxygen atoms in total. The van der Waals surface area contributed by atoms with Crippen LogP contribution in [0.1, 0.15) is 37.0 Å². The number of hydrogen-bond acceptors (Lipinski definition) is 7. The molecule has 0 bridgehead atoms. The Morgan fingerprint density at radius 1 is 1.39 bits per heavy atom. The molecule has 2 unspecified atom stereocenters. The lowest BCUT2D eigenvalue weighted by atomic mass is 10.1. The average molecular weight is 340 g/mol. The first-order valence-corrected chi connectivity index (χ1v) is 8.33. The van der Waals surface area contributed by atoms with Crippen molar-refractivity contribution in [2.24, 2.45) is 0 Å². The van der Waals surface area contributed by atoms with Gasteiger partial charge in [0.1, 0.15) is 0 Å². The summed E-state index contributed by atoms with van der Waals surface area (Å²) in [4.78, 5) is 21.8. The Kier molecular flexibility index (Phi) is 6.09. The summed E-state index contributed by atoms with van der Waals surface area (Å²) in [6.07, 6.45) is 2.02. The van der Waals surface area contributed by atoms with Crippen LogP contribution in [0.5, 0.6) is 11.5 Å². The highest BCUT2D eigenvalue weighted by Crippen LogP contribution is 2.40. The highest BCUT2D eigenvalue weighted by molar-refractivity contribution is 8.00. The third kappa shape index (κ3) is 4.75. The molecular weight excluding hydrogens is 322 g/mol. The van der Waals surface area contributed by atoms with Gasteiger partial charge in [0.25, 0.3) is 0 Å². The third-order valence-corrected chi connectivity index (χ3v) is 5.00. The molecule has 1 aromatic carbocycles. The molecular formula is C15H18NO6S-. The Balaban J connectivity index is 2.18. The molecule has 1 aliphatic rings. The number of hydrogen-bond donors (Lipinski definition) is 0. The second-order valence-corrected chi connectivity index (χ2v) is 6.61. The molecule has 0 saturated heterocycles. The number of carbonyl (C=O) groups excluding carboxylic acids is 1. The van der Waals surface area contributed by atoms with Crippen molar-refractivity contribution in [3.8, 4) is 11.5 Å². The molecule has 0 radical (unpaired) electrons. The van der Waals surface area contributed by atoms with E-state index in [9.17, 15) is 20.0 Å². The van der Waals surface area contributed by atoms with Crippen molar-refractivity contribution in [1.29, 1.82) is 0 Å². The SMILES string of the molecule is CCCCC(SC(C[N+](=O)[O-])c1ccc2c(c1)OCO2)C(=O)[O-]. The van der Waals surface area contributed by atoms with Crippen LogP contribution in [0.15, 0.2) is 18.2 Å². The number of benzene rings is 1. The van der Waals surface area contributed by atoms with Crippen LogP contribution in [-0.2, 0) is 4.79 Å². The van der Waals surface area contributed by atoms with E-state index in [4.69, 9.17) is 9.47 Å².